The molecular formula is C20H25N2NaO10S4. The van der Waals surface area contributed by atoms with Crippen molar-refractivity contribution in [3.8, 4) is 0 Å². The molecule has 0 bridgehead atoms. The van der Waals surface area contributed by atoms with Crippen LogP contribution in [0.1, 0.15) is 38.2 Å². The third-order valence-corrected chi connectivity index (χ3v) is 11.4. The summed E-state index contributed by atoms with van der Waals surface area (Å²) in [5, 5.41) is -1.11. The van der Waals surface area contributed by atoms with Crippen molar-refractivity contribution in [3.63, 3.8) is 0 Å². The molecule has 17 heteroatoms. The molecule has 37 heavy (non-hydrogen) atoms. The summed E-state index contributed by atoms with van der Waals surface area (Å²) in [5.74, 6) is 0. The Morgan fingerprint density at radius 1 is 0.649 bits per heavy atom. The van der Waals surface area contributed by atoms with E-state index in [1.165, 1.54) is 24.3 Å². The van der Waals surface area contributed by atoms with Crippen LogP contribution in [0, 0.1) is 0 Å². The zero-order chi connectivity index (χ0) is 26.5. The molecule has 2 saturated carbocycles. The number of aryl methyl sites for hydroxylation is 2. The fourth-order valence-electron chi connectivity index (χ4n) is 3.65. The van der Waals surface area contributed by atoms with Crippen molar-refractivity contribution < 1.29 is 73.8 Å². The third-order valence-electron chi connectivity index (χ3n) is 5.80. The SMILES string of the molecule is O=S(=O)(O)c1cc(NS(=O)(=O)C2CC2)ccc1CCc1ccc(NS(=O)(=O)C2CC2)cc1S(=O)(=O)O.[H-].[Na+]. The molecule has 2 fully saturated rings. The number of benzene rings is 2. The molecule has 200 valence electrons. The Balaban J connectivity index is 0.00000253. The van der Waals surface area contributed by atoms with Gasteiger partial charge in [0, 0.05) is 11.4 Å². The van der Waals surface area contributed by atoms with Crippen molar-refractivity contribution in [2.24, 2.45) is 0 Å². The molecular weight excluding hydrogens is 579 g/mol. The minimum atomic E-state index is -4.77. The Kier molecular flexibility index (Phi) is 8.79. The van der Waals surface area contributed by atoms with Gasteiger partial charge in [0.05, 0.1) is 20.3 Å². The number of sulfonamides is 2. The fraction of sp³-hybridized carbons (Fsp3) is 0.400. The van der Waals surface area contributed by atoms with Gasteiger partial charge in [0.1, 0.15) is 0 Å². The molecule has 2 aliphatic carbocycles. The first kappa shape index (κ1) is 30.3. The Bertz CT molecular complexity index is 1510. The van der Waals surface area contributed by atoms with E-state index in [2.05, 4.69) is 9.44 Å². The summed E-state index contributed by atoms with van der Waals surface area (Å²) >= 11 is 0. The second-order valence-corrected chi connectivity index (χ2v) is 15.5. The molecule has 0 amide bonds. The number of rotatable bonds is 11. The van der Waals surface area contributed by atoms with Gasteiger partial charge in [0.15, 0.2) is 0 Å². The number of nitrogens with one attached hydrogen (secondary N) is 2. The summed E-state index contributed by atoms with van der Waals surface area (Å²) in [6.07, 6.45) is 1.76. The predicted molar refractivity (Wildman–Crippen MR) is 132 cm³/mol. The molecule has 0 spiro atoms. The Morgan fingerprint density at radius 2 is 0.973 bits per heavy atom. The number of hydrogen-bond acceptors (Lipinski definition) is 8. The molecule has 2 aromatic rings. The molecule has 0 aliphatic heterocycles. The standard InChI is InChI=1S/C20H24N2O10S4.Na.H/c23-33(24,17-7-8-17)21-15-5-3-13(19(11-15)35(27,28)29)1-2-14-4-6-16(12-20(14)36(30,31)32)22-34(25,26)18-9-10-18;;/h3-6,11-12,17-18,21-22H,1-2,7-10H2,(H,27,28,29)(H,30,31,32);;/q;+1;-1. The van der Waals surface area contributed by atoms with Crippen LogP contribution in [-0.2, 0) is 53.1 Å². The average Bonchev–Trinajstić information content (AvgIpc) is 3.62. The summed E-state index contributed by atoms with van der Waals surface area (Å²) in [4.78, 5) is -1.11. The molecule has 0 atom stereocenters. The van der Waals surface area contributed by atoms with Crippen LogP contribution in [0.5, 0.6) is 0 Å². The minimum absolute atomic E-state index is 0. The van der Waals surface area contributed by atoms with Crippen molar-refractivity contribution in [2.45, 2.75) is 58.8 Å². The number of anilines is 2. The van der Waals surface area contributed by atoms with E-state index in [1.807, 2.05) is 0 Å². The van der Waals surface area contributed by atoms with E-state index >= 15 is 0 Å². The van der Waals surface area contributed by atoms with Crippen molar-refractivity contribution in [2.75, 3.05) is 9.44 Å². The van der Waals surface area contributed by atoms with Crippen LogP contribution in [0.4, 0.5) is 11.4 Å². The first-order chi connectivity index (χ1) is 16.6. The monoisotopic (exact) mass is 604 g/mol. The predicted octanol–water partition coefficient (Wildman–Crippen LogP) is -1.11. The quantitative estimate of drug-likeness (QED) is 0.180. The minimum Gasteiger partial charge on any atom is -1.00 e. The van der Waals surface area contributed by atoms with E-state index < -0.39 is 60.6 Å². The number of hydrogen-bond donors (Lipinski definition) is 4. The summed E-state index contributed by atoms with van der Waals surface area (Å²) in [7, 11) is -16.9. The van der Waals surface area contributed by atoms with E-state index in [-0.39, 0.29) is 66.3 Å². The molecule has 2 aromatic carbocycles. The molecule has 0 saturated heterocycles. The normalized spacial score (nSPS) is 16.6. The largest absolute Gasteiger partial charge is 1.00 e. The van der Waals surface area contributed by atoms with Crippen LogP contribution in [0.3, 0.4) is 0 Å². The van der Waals surface area contributed by atoms with Crippen LogP contribution in [-0.4, -0.2) is 53.3 Å². The Labute approximate surface area is 239 Å². The van der Waals surface area contributed by atoms with Gasteiger partial charge >= 0.3 is 29.6 Å². The van der Waals surface area contributed by atoms with Crippen LogP contribution in [0.25, 0.3) is 0 Å². The zero-order valence-corrected chi connectivity index (χ0v) is 24.9. The molecule has 0 aromatic heterocycles. The molecule has 0 unspecified atom stereocenters. The van der Waals surface area contributed by atoms with Gasteiger partial charge in [-0.2, -0.15) is 16.8 Å². The van der Waals surface area contributed by atoms with E-state index in [1.54, 1.807) is 0 Å². The van der Waals surface area contributed by atoms with Crippen LogP contribution in [0.15, 0.2) is 46.2 Å². The maximum absolute atomic E-state index is 12.2. The van der Waals surface area contributed by atoms with Crippen molar-refractivity contribution in [3.05, 3.63) is 47.5 Å². The van der Waals surface area contributed by atoms with Crippen LogP contribution < -0.4 is 39.0 Å². The van der Waals surface area contributed by atoms with Crippen LogP contribution >= 0.6 is 0 Å². The van der Waals surface area contributed by atoms with Gasteiger partial charge in [-0.05, 0) is 73.9 Å². The van der Waals surface area contributed by atoms with Crippen molar-refractivity contribution >= 4 is 51.7 Å². The first-order valence-electron chi connectivity index (χ1n) is 10.8. The van der Waals surface area contributed by atoms with E-state index in [0.29, 0.717) is 25.7 Å². The van der Waals surface area contributed by atoms with Crippen LogP contribution in [0.2, 0.25) is 0 Å². The van der Waals surface area contributed by atoms with Crippen molar-refractivity contribution in [1.82, 2.24) is 0 Å². The summed E-state index contributed by atoms with van der Waals surface area (Å²) in [6.45, 7) is 0. The van der Waals surface area contributed by atoms with Gasteiger partial charge in [0.2, 0.25) is 20.0 Å². The molecule has 0 heterocycles. The summed E-state index contributed by atoms with van der Waals surface area (Å²) in [5.41, 5.74) is 0.0479. The van der Waals surface area contributed by atoms with Gasteiger partial charge in [-0.1, -0.05) is 12.1 Å². The second kappa shape index (κ2) is 10.7. The topological polar surface area (TPSA) is 201 Å². The summed E-state index contributed by atoms with van der Waals surface area (Å²) in [6, 6.07) is 7.18. The molecule has 12 nitrogen and oxygen atoms in total. The molecule has 0 radical (unpaired) electrons. The molecule has 4 rings (SSSR count). The van der Waals surface area contributed by atoms with Gasteiger partial charge in [-0.25, -0.2) is 16.8 Å². The fourth-order valence-corrected chi connectivity index (χ4v) is 7.96. The third kappa shape index (κ3) is 7.67. The molecule has 4 N–H and O–H groups in total. The van der Waals surface area contributed by atoms with E-state index in [9.17, 15) is 42.8 Å². The van der Waals surface area contributed by atoms with Gasteiger partial charge in [-0.3, -0.25) is 18.5 Å². The Morgan fingerprint density at radius 3 is 1.24 bits per heavy atom. The van der Waals surface area contributed by atoms with E-state index in [0.717, 1.165) is 12.1 Å². The first-order valence-corrected chi connectivity index (χ1v) is 16.8. The maximum atomic E-state index is 12.2. The maximum Gasteiger partial charge on any atom is 1.00 e. The van der Waals surface area contributed by atoms with Gasteiger partial charge in [0.25, 0.3) is 20.2 Å². The van der Waals surface area contributed by atoms with Crippen molar-refractivity contribution in [1.29, 1.82) is 0 Å². The summed E-state index contributed by atoms with van der Waals surface area (Å²) < 4.78 is 120. The van der Waals surface area contributed by atoms with Gasteiger partial charge in [-0.15, -0.1) is 0 Å². The Hall–Kier alpha value is -1.24. The smallest absolute Gasteiger partial charge is 1.00 e. The molecule has 2 aliphatic rings. The van der Waals surface area contributed by atoms with E-state index in [4.69, 9.17) is 0 Å². The van der Waals surface area contributed by atoms with Gasteiger partial charge < -0.3 is 1.43 Å². The average molecular weight is 605 g/mol. The zero-order valence-electron chi connectivity index (χ0n) is 20.7. The second-order valence-electron chi connectivity index (χ2n) is 8.79.